The number of hydrogen-bond donors (Lipinski definition) is 2. The molecule has 0 bridgehead atoms. The minimum absolute atomic E-state index is 0.172. The first-order valence-corrected chi connectivity index (χ1v) is 6.93. The molecule has 5 heteroatoms. The SMILES string of the molecule is CC(C)(C)OC(=O)C(O)CNCc1ccc(Br)cc1. The molecule has 0 fully saturated rings. The number of rotatable bonds is 5. The lowest BCUT2D eigenvalue weighted by Crippen LogP contribution is -2.38. The highest BCUT2D eigenvalue weighted by Crippen LogP contribution is 2.10. The highest BCUT2D eigenvalue weighted by atomic mass is 79.9. The van der Waals surface area contributed by atoms with Crippen LogP contribution in [0.15, 0.2) is 28.7 Å². The summed E-state index contributed by atoms with van der Waals surface area (Å²) in [6.45, 7) is 6.07. The van der Waals surface area contributed by atoms with Gasteiger partial charge in [-0.15, -0.1) is 0 Å². The first-order chi connectivity index (χ1) is 8.78. The molecule has 0 aliphatic carbocycles. The molecule has 106 valence electrons. The van der Waals surface area contributed by atoms with Gasteiger partial charge in [-0.1, -0.05) is 28.1 Å². The lowest BCUT2D eigenvalue weighted by molar-refractivity contribution is -0.164. The summed E-state index contributed by atoms with van der Waals surface area (Å²) >= 11 is 3.36. The Hall–Kier alpha value is -0.910. The van der Waals surface area contributed by atoms with E-state index in [2.05, 4.69) is 21.2 Å². The Morgan fingerprint density at radius 2 is 1.95 bits per heavy atom. The van der Waals surface area contributed by atoms with E-state index in [0.29, 0.717) is 6.54 Å². The molecular formula is C14H20BrNO3. The second-order valence-electron chi connectivity index (χ2n) is 5.31. The van der Waals surface area contributed by atoms with Gasteiger partial charge in [-0.25, -0.2) is 4.79 Å². The Labute approximate surface area is 122 Å². The van der Waals surface area contributed by atoms with E-state index in [1.807, 2.05) is 24.3 Å². The number of hydrogen-bond acceptors (Lipinski definition) is 4. The summed E-state index contributed by atoms with van der Waals surface area (Å²) in [5, 5.41) is 12.7. The molecule has 1 unspecified atom stereocenters. The molecule has 19 heavy (non-hydrogen) atoms. The van der Waals surface area contributed by atoms with Crippen LogP contribution in [0, 0.1) is 0 Å². The van der Waals surface area contributed by atoms with Crippen LogP contribution in [-0.4, -0.2) is 29.3 Å². The molecule has 0 aliphatic rings. The van der Waals surface area contributed by atoms with Gasteiger partial charge in [0, 0.05) is 17.6 Å². The van der Waals surface area contributed by atoms with Crippen molar-refractivity contribution in [3.05, 3.63) is 34.3 Å². The van der Waals surface area contributed by atoms with Crippen molar-refractivity contribution in [2.24, 2.45) is 0 Å². The third kappa shape index (κ3) is 6.71. The van der Waals surface area contributed by atoms with Crippen molar-refractivity contribution >= 4 is 21.9 Å². The maximum Gasteiger partial charge on any atom is 0.336 e. The lowest BCUT2D eigenvalue weighted by Gasteiger charge is -2.21. The van der Waals surface area contributed by atoms with Crippen LogP contribution in [0.1, 0.15) is 26.3 Å². The molecule has 1 aromatic carbocycles. The molecule has 0 amide bonds. The Kier molecular flexibility index (Phi) is 5.97. The molecule has 0 saturated carbocycles. The van der Waals surface area contributed by atoms with Gasteiger partial charge in [0.1, 0.15) is 5.60 Å². The van der Waals surface area contributed by atoms with Gasteiger partial charge in [0.2, 0.25) is 0 Å². The first kappa shape index (κ1) is 16.1. The number of carbonyl (C=O) groups excluding carboxylic acids is 1. The van der Waals surface area contributed by atoms with Gasteiger partial charge in [0.25, 0.3) is 0 Å². The Balaban J connectivity index is 2.32. The minimum atomic E-state index is -1.14. The van der Waals surface area contributed by atoms with Crippen LogP contribution < -0.4 is 5.32 Å². The predicted molar refractivity (Wildman–Crippen MR) is 77.7 cm³/mol. The van der Waals surface area contributed by atoms with Gasteiger partial charge < -0.3 is 15.2 Å². The smallest absolute Gasteiger partial charge is 0.336 e. The molecule has 1 aromatic rings. The van der Waals surface area contributed by atoms with Crippen LogP contribution in [0.5, 0.6) is 0 Å². The first-order valence-electron chi connectivity index (χ1n) is 6.14. The monoisotopic (exact) mass is 329 g/mol. The van der Waals surface area contributed by atoms with E-state index in [1.165, 1.54) is 0 Å². The number of aliphatic hydroxyl groups excluding tert-OH is 1. The molecule has 2 N–H and O–H groups in total. The van der Waals surface area contributed by atoms with Gasteiger partial charge in [0.15, 0.2) is 6.10 Å². The van der Waals surface area contributed by atoms with Crippen molar-refractivity contribution in [2.45, 2.75) is 39.0 Å². The van der Waals surface area contributed by atoms with Crippen molar-refractivity contribution in [2.75, 3.05) is 6.54 Å². The third-order valence-corrected chi connectivity index (χ3v) is 2.79. The van der Waals surface area contributed by atoms with Crippen molar-refractivity contribution in [1.29, 1.82) is 0 Å². The molecule has 0 aliphatic heterocycles. The third-order valence-electron chi connectivity index (χ3n) is 2.26. The summed E-state index contributed by atoms with van der Waals surface area (Å²) < 4.78 is 6.10. The van der Waals surface area contributed by atoms with Gasteiger partial charge >= 0.3 is 5.97 Å². The fourth-order valence-corrected chi connectivity index (χ4v) is 1.67. The van der Waals surface area contributed by atoms with Crippen molar-refractivity contribution in [1.82, 2.24) is 5.32 Å². The zero-order valence-electron chi connectivity index (χ0n) is 11.4. The van der Waals surface area contributed by atoms with E-state index in [1.54, 1.807) is 20.8 Å². The molecule has 0 saturated heterocycles. The number of ether oxygens (including phenoxy) is 1. The fraction of sp³-hybridized carbons (Fsp3) is 0.500. The average Bonchev–Trinajstić information content (AvgIpc) is 2.29. The van der Waals surface area contributed by atoms with Crippen LogP contribution in [0.2, 0.25) is 0 Å². The normalized spacial score (nSPS) is 13.1. The predicted octanol–water partition coefficient (Wildman–Crippen LogP) is 2.24. The zero-order chi connectivity index (χ0) is 14.5. The van der Waals surface area contributed by atoms with Crippen LogP contribution in [-0.2, 0) is 16.1 Å². The number of benzene rings is 1. The highest BCUT2D eigenvalue weighted by molar-refractivity contribution is 9.10. The highest BCUT2D eigenvalue weighted by Gasteiger charge is 2.22. The van der Waals surface area contributed by atoms with E-state index >= 15 is 0 Å². The minimum Gasteiger partial charge on any atom is -0.458 e. The van der Waals surface area contributed by atoms with Crippen LogP contribution in [0.3, 0.4) is 0 Å². The zero-order valence-corrected chi connectivity index (χ0v) is 13.0. The summed E-state index contributed by atoms with van der Waals surface area (Å²) in [6.07, 6.45) is -1.14. The van der Waals surface area contributed by atoms with E-state index in [-0.39, 0.29) is 6.54 Å². The van der Waals surface area contributed by atoms with Gasteiger partial charge in [-0.3, -0.25) is 0 Å². The number of halogens is 1. The summed E-state index contributed by atoms with van der Waals surface area (Å²) in [7, 11) is 0. The van der Waals surface area contributed by atoms with E-state index < -0.39 is 17.7 Å². The van der Waals surface area contributed by atoms with E-state index in [4.69, 9.17) is 4.74 Å². The Morgan fingerprint density at radius 1 is 1.37 bits per heavy atom. The lowest BCUT2D eigenvalue weighted by atomic mass is 10.2. The van der Waals surface area contributed by atoms with Crippen molar-refractivity contribution < 1.29 is 14.6 Å². The summed E-state index contributed by atoms with van der Waals surface area (Å²) in [5.41, 5.74) is 0.503. The molecule has 0 heterocycles. The number of esters is 1. The molecule has 1 rings (SSSR count). The quantitative estimate of drug-likeness (QED) is 0.813. The fourth-order valence-electron chi connectivity index (χ4n) is 1.41. The summed E-state index contributed by atoms with van der Waals surface area (Å²) in [4.78, 5) is 11.5. The maximum absolute atomic E-state index is 11.5. The van der Waals surface area contributed by atoms with E-state index in [9.17, 15) is 9.90 Å². The van der Waals surface area contributed by atoms with Gasteiger partial charge in [0.05, 0.1) is 0 Å². The molecule has 4 nitrogen and oxygen atoms in total. The Morgan fingerprint density at radius 3 is 2.47 bits per heavy atom. The number of carbonyl (C=O) groups is 1. The largest absolute Gasteiger partial charge is 0.458 e. The molecule has 0 aromatic heterocycles. The summed E-state index contributed by atoms with van der Waals surface area (Å²) in [5.74, 6) is -0.601. The van der Waals surface area contributed by atoms with Crippen LogP contribution >= 0.6 is 15.9 Å². The standard InChI is InChI=1S/C14H20BrNO3/c1-14(2,3)19-13(18)12(17)9-16-8-10-4-6-11(15)7-5-10/h4-7,12,16-17H,8-9H2,1-3H3. The maximum atomic E-state index is 11.5. The molecule has 0 radical (unpaired) electrons. The summed E-state index contributed by atoms with van der Waals surface area (Å²) in [6, 6.07) is 7.83. The van der Waals surface area contributed by atoms with E-state index in [0.717, 1.165) is 10.0 Å². The molecule has 0 spiro atoms. The number of aliphatic hydroxyl groups is 1. The van der Waals surface area contributed by atoms with Gasteiger partial charge in [-0.05, 0) is 38.5 Å². The van der Waals surface area contributed by atoms with Gasteiger partial charge in [-0.2, -0.15) is 0 Å². The van der Waals surface area contributed by atoms with Crippen molar-refractivity contribution in [3.8, 4) is 0 Å². The second kappa shape index (κ2) is 7.03. The average molecular weight is 330 g/mol. The Bertz CT molecular complexity index is 412. The van der Waals surface area contributed by atoms with Crippen molar-refractivity contribution in [3.63, 3.8) is 0 Å². The van der Waals surface area contributed by atoms with Crippen LogP contribution in [0.4, 0.5) is 0 Å². The topological polar surface area (TPSA) is 58.6 Å². The molecular weight excluding hydrogens is 310 g/mol. The van der Waals surface area contributed by atoms with Crippen LogP contribution in [0.25, 0.3) is 0 Å². The second-order valence-corrected chi connectivity index (χ2v) is 6.22. The number of nitrogens with one attached hydrogen (secondary N) is 1. The molecule has 1 atom stereocenters.